The largest absolute Gasteiger partial charge is 0.476 e. The van der Waals surface area contributed by atoms with Crippen molar-refractivity contribution in [2.75, 3.05) is 0 Å². The second kappa shape index (κ2) is 4.76. The Morgan fingerprint density at radius 2 is 2.50 bits per heavy atom. The summed E-state index contributed by atoms with van der Waals surface area (Å²) in [5, 5.41) is 11.9. The molecular formula is C9H13NO4. The molecule has 78 valence electrons. The molecule has 0 aliphatic heterocycles. The summed E-state index contributed by atoms with van der Waals surface area (Å²) >= 11 is 0. The topological polar surface area (TPSA) is 72.6 Å². The lowest BCUT2D eigenvalue weighted by molar-refractivity contribution is 0.0377. The summed E-state index contributed by atoms with van der Waals surface area (Å²) in [6.45, 7) is 4.21. The molecule has 0 aromatic carbocycles. The van der Waals surface area contributed by atoms with Crippen LogP contribution in [0.3, 0.4) is 0 Å². The lowest BCUT2D eigenvalue weighted by Crippen LogP contribution is -2.05. The van der Waals surface area contributed by atoms with E-state index in [4.69, 9.17) is 14.4 Å². The van der Waals surface area contributed by atoms with Crippen LogP contribution in [0.25, 0.3) is 0 Å². The molecule has 0 saturated carbocycles. The molecule has 0 amide bonds. The number of aromatic nitrogens is 1. The van der Waals surface area contributed by atoms with Crippen molar-refractivity contribution in [2.45, 2.75) is 33.0 Å². The molecule has 0 saturated heterocycles. The third kappa shape index (κ3) is 2.85. The van der Waals surface area contributed by atoms with E-state index in [0.29, 0.717) is 5.76 Å². The number of ether oxygens (including phenoxy) is 1. The molecule has 5 heteroatoms. The number of carboxylic acid groups (broad SMARTS) is 1. The van der Waals surface area contributed by atoms with E-state index in [0.717, 1.165) is 6.42 Å². The molecule has 0 spiro atoms. The first-order valence-corrected chi connectivity index (χ1v) is 4.44. The van der Waals surface area contributed by atoms with Crippen molar-refractivity contribution in [1.82, 2.24) is 5.16 Å². The molecule has 0 aliphatic rings. The lowest BCUT2D eigenvalue weighted by Gasteiger charge is -2.07. The Morgan fingerprint density at radius 1 is 1.79 bits per heavy atom. The average Bonchev–Trinajstić information content (AvgIpc) is 2.62. The summed E-state index contributed by atoms with van der Waals surface area (Å²) in [5.41, 5.74) is -0.0900. The SMILES string of the molecule is CCC(C)OCc1cc(C(=O)O)no1. The third-order valence-electron chi connectivity index (χ3n) is 1.86. The van der Waals surface area contributed by atoms with Crippen LogP contribution in [0.15, 0.2) is 10.6 Å². The van der Waals surface area contributed by atoms with Crippen molar-refractivity contribution in [2.24, 2.45) is 0 Å². The average molecular weight is 199 g/mol. The minimum Gasteiger partial charge on any atom is -0.476 e. The Balaban J connectivity index is 2.48. The normalized spacial score (nSPS) is 12.7. The zero-order chi connectivity index (χ0) is 10.6. The van der Waals surface area contributed by atoms with Gasteiger partial charge in [-0.3, -0.25) is 0 Å². The van der Waals surface area contributed by atoms with Crippen LogP contribution in [0.1, 0.15) is 36.5 Å². The van der Waals surface area contributed by atoms with Gasteiger partial charge >= 0.3 is 5.97 Å². The van der Waals surface area contributed by atoms with Crippen LogP contribution in [0, 0.1) is 0 Å². The fraction of sp³-hybridized carbons (Fsp3) is 0.556. The molecule has 5 nitrogen and oxygen atoms in total. The van der Waals surface area contributed by atoms with E-state index in [9.17, 15) is 4.79 Å². The van der Waals surface area contributed by atoms with E-state index in [1.165, 1.54) is 6.07 Å². The molecule has 1 rings (SSSR count). The smallest absolute Gasteiger partial charge is 0.358 e. The standard InChI is InChI=1S/C9H13NO4/c1-3-6(2)13-5-7-4-8(9(11)12)10-14-7/h4,6H,3,5H2,1-2H3,(H,11,12). The lowest BCUT2D eigenvalue weighted by atomic mass is 10.3. The number of hydrogen-bond donors (Lipinski definition) is 1. The molecule has 0 aliphatic carbocycles. The van der Waals surface area contributed by atoms with Gasteiger partial charge in [-0.15, -0.1) is 0 Å². The fourth-order valence-corrected chi connectivity index (χ4v) is 0.824. The van der Waals surface area contributed by atoms with Crippen LogP contribution < -0.4 is 0 Å². The van der Waals surface area contributed by atoms with E-state index in [1.807, 2.05) is 13.8 Å². The second-order valence-corrected chi connectivity index (χ2v) is 3.01. The molecule has 14 heavy (non-hydrogen) atoms. The molecule has 1 N–H and O–H groups in total. The second-order valence-electron chi connectivity index (χ2n) is 3.01. The van der Waals surface area contributed by atoms with Gasteiger partial charge in [-0.1, -0.05) is 12.1 Å². The van der Waals surface area contributed by atoms with Gasteiger partial charge in [-0.05, 0) is 13.3 Å². The molecule has 1 atom stereocenters. The quantitative estimate of drug-likeness (QED) is 0.781. The van der Waals surface area contributed by atoms with E-state index in [-0.39, 0.29) is 18.4 Å². The van der Waals surface area contributed by atoms with Gasteiger partial charge in [0.25, 0.3) is 0 Å². The zero-order valence-electron chi connectivity index (χ0n) is 8.19. The van der Waals surface area contributed by atoms with Gasteiger partial charge in [0.15, 0.2) is 11.5 Å². The summed E-state index contributed by atoms with van der Waals surface area (Å²) in [7, 11) is 0. The maximum atomic E-state index is 10.4. The number of carboxylic acids is 1. The molecule has 0 bridgehead atoms. The highest BCUT2D eigenvalue weighted by Crippen LogP contribution is 2.07. The highest BCUT2D eigenvalue weighted by atomic mass is 16.5. The molecule has 0 fully saturated rings. The summed E-state index contributed by atoms with van der Waals surface area (Å²) in [6.07, 6.45) is 1.04. The highest BCUT2D eigenvalue weighted by Gasteiger charge is 2.11. The van der Waals surface area contributed by atoms with Gasteiger partial charge in [-0.2, -0.15) is 0 Å². The van der Waals surface area contributed by atoms with Crippen molar-refractivity contribution >= 4 is 5.97 Å². The highest BCUT2D eigenvalue weighted by molar-refractivity contribution is 5.85. The summed E-state index contributed by atoms with van der Waals surface area (Å²) < 4.78 is 10.1. The monoisotopic (exact) mass is 199 g/mol. The van der Waals surface area contributed by atoms with E-state index >= 15 is 0 Å². The fourth-order valence-electron chi connectivity index (χ4n) is 0.824. The van der Waals surface area contributed by atoms with Gasteiger partial charge in [-0.25, -0.2) is 4.79 Å². The minimum atomic E-state index is -1.09. The molecule has 1 aromatic heterocycles. The first-order valence-electron chi connectivity index (χ1n) is 4.44. The molecular weight excluding hydrogens is 186 g/mol. The van der Waals surface area contributed by atoms with Crippen LogP contribution in [0.2, 0.25) is 0 Å². The van der Waals surface area contributed by atoms with Crippen LogP contribution in [-0.2, 0) is 11.3 Å². The Hall–Kier alpha value is -1.36. The predicted octanol–water partition coefficient (Wildman–Crippen LogP) is 1.69. The third-order valence-corrected chi connectivity index (χ3v) is 1.86. The van der Waals surface area contributed by atoms with Gasteiger partial charge in [0.1, 0.15) is 6.61 Å². The van der Waals surface area contributed by atoms with Crippen molar-refractivity contribution < 1.29 is 19.2 Å². The number of nitrogens with zero attached hydrogens (tertiary/aromatic N) is 1. The Morgan fingerprint density at radius 3 is 3.00 bits per heavy atom. The van der Waals surface area contributed by atoms with Gasteiger partial charge in [0.2, 0.25) is 0 Å². The van der Waals surface area contributed by atoms with E-state index < -0.39 is 5.97 Å². The first kappa shape index (κ1) is 10.7. The maximum absolute atomic E-state index is 10.4. The van der Waals surface area contributed by atoms with Gasteiger partial charge < -0.3 is 14.4 Å². The molecule has 1 heterocycles. The molecule has 1 aromatic rings. The number of rotatable bonds is 5. The number of aromatic carboxylic acids is 1. The van der Waals surface area contributed by atoms with Gasteiger partial charge in [0.05, 0.1) is 6.10 Å². The van der Waals surface area contributed by atoms with Crippen LogP contribution in [0.5, 0.6) is 0 Å². The van der Waals surface area contributed by atoms with Crippen LogP contribution in [-0.4, -0.2) is 22.3 Å². The van der Waals surface area contributed by atoms with Crippen LogP contribution >= 0.6 is 0 Å². The maximum Gasteiger partial charge on any atom is 0.358 e. The van der Waals surface area contributed by atoms with Crippen molar-refractivity contribution in [3.63, 3.8) is 0 Å². The van der Waals surface area contributed by atoms with Crippen molar-refractivity contribution in [3.8, 4) is 0 Å². The van der Waals surface area contributed by atoms with E-state index in [1.54, 1.807) is 0 Å². The first-order chi connectivity index (χ1) is 6.63. The summed E-state index contributed by atoms with van der Waals surface area (Å²) in [6, 6.07) is 1.37. The minimum absolute atomic E-state index is 0.0900. The predicted molar refractivity (Wildman–Crippen MR) is 48.0 cm³/mol. The Bertz CT molecular complexity index is 308. The summed E-state index contributed by atoms with van der Waals surface area (Å²) in [4.78, 5) is 10.4. The zero-order valence-corrected chi connectivity index (χ0v) is 8.19. The van der Waals surface area contributed by atoms with Crippen LogP contribution in [0.4, 0.5) is 0 Å². The molecule has 1 unspecified atom stereocenters. The van der Waals surface area contributed by atoms with Crippen molar-refractivity contribution in [3.05, 3.63) is 17.5 Å². The number of hydrogen-bond acceptors (Lipinski definition) is 4. The van der Waals surface area contributed by atoms with E-state index in [2.05, 4.69) is 5.16 Å². The van der Waals surface area contributed by atoms with Crippen molar-refractivity contribution in [1.29, 1.82) is 0 Å². The Labute approximate surface area is 81.7 Å². The molecule has 0 radical (unpaired) electrons. The number of carbonyl (C=O) groups is 1. The summed E-state index contributed by atoms with van der Waals surface area (Å²) in [5.74, 6) is -0.661. The van der Waals surface area contributed by atoms with Gasteiger partial charge in [0, 0.05) is 6.07 Å². The Kier molecular flexibility index (Phi) is 3.64.